The van der Waals surface area contributed by atoms with Gasteiger partial charge in [-0.15, -0.1) is 0 Å². The summed E-state index contributed by atoms with van der Waals surface area (Å²) in [7, 11) is 0. The molecule has 0 spiro atoms. The topological polar surface area (TPSA) is 38.3 Å². The first-order valence-electron chi connectivity index (χ1n) is 6.64. The molecule has 0 aromatic heterocycles. The molecule has 0 fully saturated rings. The van der Waals surface area contributed by atoms with Crippen molar-refractivity contribution in [2.75, 3.05) is 13.2 Å². The van der Waals surface area contributed by atoms with Crippen molar-refractivity contribution in [2.24, 2.45) is 0 Å². The maximum atomic E-state index is 13.6. The fourth-order valence-electron chi connectivity index (χ4n) is 1.81. The Bertz CT molecular complexity index is 627. The van der Waals surface area contributed by atoms with E-state index in [4.69, 9.17) is 27.9 Å². The van der Waals surface area contributed by atoms with E-state index < -0.39 is 5.82 Å². The molecular weight excluding hydrogens is 328 g/mol. The fourth-order valence-corrected chi connectivity index (χ4v) is 2.17. The minimum atomic E-state index is -0.486. The van der Waals surface area contributed by atoms with Crippen LogP contribution in [0.4, 0.5) is 4.39 Å². The van der Waals surface area contributed by atoms with E-state index >= 15 is 0 Å². The predicted octanol–water partition coefficient (Wildman–Crippen LogP) is 3.87. The molecule has 0 unspecified atom stereocenters. The Hall–Kier alpha value is -1.78. The Balaban J connectivity index is 1.75. The molecule has 1 N–H and O–H groups in total. The van der Waals surface area contributed by atoms with Crippen LogP contribution in [0.15, 0.2) is 42.5 Å². The minimum Gasteiger partial charge on any atom is -0.492 e. The van der Waals surface area contributed by atoms with Gasteiger partial charge in [-0.3, -0.25) is 4.79 Å². The summed E-state index contributed by atoms with van der Waals surface area (Å²) >= 11 is 11.6. The van der Waals surface area contributed by atoms with Crippen molar-refractivity contribution in [3.05, 3.63) is 63.9 Å². The molecule has 0 aliphatic heterocycles. The quantitative estimate of drug-likeness (QED) is 0.810. The number of carbonyl (C=O) groups is 1. The Morgan fingerprint density at radius 2 is 1.86 bits per heavy atom. The lowest BCUT2D eigenvalue weighted by Crippen LogP contribution is -2.29. The summed E-state index contributed by atoms with van der Waals surface area (Å²) in [4.78, 5) is 11.8. The zero-order valence-electron chi connectivity index (χ0n) is 11.6. The first kappa shape index (κ1) is 16.6. The third kappa shape index (κ3) is 4.90. The normalized spacial score (nSPS) is 10.3. The number of nitrogens with one attached hydrogen (secondary N) is 1. The van der Waals surface area contributed by atoms with Crippen LogP contribution < -0.4 is 10.1 Å². The van der Waals surface area contributed by atoms with Gasteiger partial charge in [0.25, 0.3) is 0 Å². The van der Waals surface area contributed by atoms with Gasteiger partial charge in [-0.2, -0.15) is 0 Å². The summed E-state index contributed by atoms with van der Waals surface area (Å²) < 4.78 is 19.0. The standard InChI is InChI=1S/C16H14Cl2FNO2/c17-11-4-6-12(7-5-11)22-9-8-20-16(21)10-13-14(18)2-1-3-15(13)19/h1-7H,8-10H2,(H,20,21). The first-order valence-corrected chi connectivity index (χ1v) is 7.40. The molecule has 6 heteroatoms. The molecule has 0 atom stereocenters. The SMILES string of the molecule is O=C(Cc1c(F)cccc1Cl)NCCOc1ccc(Cl)cc1. The van der Waals surface area contributed by atoms with Crippen LogP contribution >= 0.6 is 23.2 Å². The van der Waals surface area contributed by atoms with E-state index in [0.29, 0.717) is 23.9 Å². The van der Waals surface area contributed by atoms with Crippen LogP contribution in [0, 0.1) is 5.82 Å². The van der Waals surface area contributed by atoms with Crippen molar-refractivity contribution < 1.29 is 13.9 Å². The van der Waals surface area contributed by atoms with Crippen molar-refractivity contribution in [3.8, 4) is 5.75 Å². The van der Waals surface area contributed by atoms with Crippen molar-refractivity contribution in [3.63, 3.8) is 0 Å². The van der Waals surface area contributed by atoms with Gasteiger partial charge in [0.1, 0.15) is 18.2 Å². The molecule has 0 heterocycles. The molecule has 0 bridgehead atoms. The van der Waals surface area contributed by atoms with Crippen LogP contribution in [0.5, 0.6) is 5.75 Å². The number of ether oxygens (including phenoxy) is 1. The number of benzene rings is 2. The molecule has 3 nitrogen and oxygen atoms in total. The van der Waals surface area contributed by atoms with E-state index in [9.17, 15) is 9.18 Å². The van der Waals surface area contributed by atoms with Crippen LogP contribution in [0.3, 0.4) is 0 Å². The van der Waals surface area contributed by atoms with Gasteiger partial charge in [-0.05, 0) is 36.4 Å². The fraction of sp³-hybridized carbons (Fsp3) is 0.188. The smallest absolute Gasteiger partial charge is 0.224 e. The lowest BCUT2D eigenvalue weighted by atomic mass is 10.1. The maximum absolute atomic E-state index is 13.6. The molecule has 0 aliphatic carbocycles. The van der Waals surface area contributed by atoms with Crippen molar-refractivity contribution in [1.29, 1.82) is 0 Å². The average Bonchev–Trinajstić information content (AvgIpc) is 2.49. The number of hydrogen-bond acceptors (Lipinski definition) is 2. The molecule has 0 saturated heterocycles. The zero-order valence-corrected chi connectivity index (χ0v) is 13.1. The number of halogens is 3. The molecule has 2 aromatic rings. The van der Waals surface area contributed by atoms with E-state index in [2.05, 4.69) is 5.32 Å². The molecule has 2 aromatic carbocycles. The van der Waals surface area contributed by atoms with E-state index in [0.717, 1.165) is 0 Å². The molecule has 0 saturated carbocycles. The van der Waals surface area contributed by atoms with Gasteiger partial charge >= 0.3 is 0 Å². The maximum Gasteiger partial charge on any atom is 0.224 e. The van der Waals surface area contributed by atoms with Crippen molar-refractivity contribution >= 4 is 29.1 Å². The van der Waals surface area contributed by atoms with Gasteiger partial charge in [0, 0.05) is 15.6 Å². The third-order valence-corrected chi connectivity index (χ3v) is 3.51. The van der Waals surface area contributed by atoms with Crippen LogP contribution in [0.2, 0.25) is 10.0 Å². The molecule has 0 radical (unpaired) electrons. The summed E-state index contributed by atoms with van der Waals surface area (Å²) in [5, 5.41) is 3.52. The van der Waals surface area contributed by atoms with Crippen LogP contribution in [0.25, 0.3) is 0 Å². The van der Waals surface area contributed by atoms with Gasteiger partial charge in [-0.25, -0.2) is 4.39 Å². The lowest BCUT2D eigenvalue weighted by molar-refractivity contribution is -0.120. The number of carbonyl (C=O) groups excluding carboxylic acids is 1. The Morgan fingerprint density at radius 1 is 1.14 bits per heavy atom. The first-order chi connectivity index (χ1) is 10.6. The van der Waals surface area contributed by atoms with E-state index in [-0.39, 0.29) is 22.9 Å². The van der Waals surface area contributed by atoms with E-state index in [1.165, 1.54) is 12.1 Å². The highest BCUT2D eigenvalue weighted by Gasteiger charge is 2.11. The van der Waals surface area contributed by atoms with Crippen LogP contribution in [-0.4, -0.2) is 19.1 Å². The van der Waals surface area contributed by atoms with Gasteiger partial charge < -0.3 is 10.1 Å². The number of rotatable bonds is 6. The second-order valence-corrected chi connectivity index (χ2v) is 5.37. The summed E-state index contributed by atoms with van der Waals surface area (Å²) in [5.41, 5.74) is 0.195. The highest BCUT2D eigenvalue weighted by Crippen LogP contribution is 2.19. The molecular formula is C16H14Cl2FNO2. The van der Waals surface area contributed by atoms with E-state index in [1.807, 2.05) is 0 Å². The summed E-state index contributed by atoms with van der Waals surface area (Å²) in [5.74, 6) is -0.137. The molecule has 1 amide bonds. The number of amides is 1. The van der Waals surface area contributed by atoms with Gasteiger partial charge in [0.15, 0.2) is 0 Å². The van der Waals surface area contributed by atoms with Crippen molar-refractivity contribution in [1.82, 2.24) is 5.32 Å². The molecule has 0 aliphatic rings. The van der Waals surface area contributed by atoms with Crippen LogP contribution in [-0.2, 0) is 11.2 Å². The van der Waals surface area contributed by atoms with Crippen LogP contribution in [0.1, 0.15) is 5.56 Å². The molecule has 22 heavy (non-hydrogen) atoms. The highest BCUT2D eigenvalue weighted by molar-refractivity contribution is 6.31. The van der Waals surface area contributed by atoms with Gasteiger partial charge in [0.2, 0.25) is 5.91 Å². The zero-order chi connectivity index (χ0) is 15.9. The average molecular weight is 342 g/mol. The molecule has 2 rings (SSSR count). The lowest BCUT2D eigenvalue weighted by Gasteiger charge is -2.09. The highest BCUT2D eigenvalue weighted by atomic mass is 35.5. The Labute approximate surface area is 138 Å². The van der Waals surface area contributed by atoms with E-state index in [1.54, 1.807) is 30.3 Å². The van der Waals surface area contributed by atoms with Crippen molar-refractivity contribution in [2.45, 2.75) is 6.42 Å². The summed E-state index contributed by atoms with van der Waals surface area (Å²) in [6.07, 6.45) is -0.105. The summed E-state index contributed by atoms with van der Waals surface area (Å²) in [6, 6.07) is 11.2. The van der Waals surface area contributed by atoms with Gasteiger partial charge in [0.05, 0.1) is 13.0 Å². The largest absolute Gasteiger partial charge is 0.492 e. The number of hydrogen-bond donors (Lipinski definition) is 1. The predicted molar refractivity (Wildman–Crippen MR) is 85.1 cm³/mol. The summed E-state index contributed by atoms with van der Waals surface area (Å²) in [6.45, 7) is 0.617. The monoisotopic (exact) mass is 341 g/mol. The molecule has 116 valence electrons. The Morgan fingerprint density at radius 3 is 2.55 bits per heavy atom. The second-order valence-electron chi connectivity index (χ2n) is 4.53. The third-order valence-electron chi connectivity index (χ3n) is 2.91. The minimum absolute atomic E-state index is 0.105. The second kappa shape index (κ2) is 8.01. The van der Waals surface area contributed by atoms with Gasteiger partial charge in [-0.1, -0.05) is 29.3 Å². The Kier molecular flexibility index (Phi) is 6.04.